The number of amides is 2. The molecule has 1 aromatic heterocycles. The van der Waals surface area contributed by atoms with Crippen molar-refractivity contribution in [3.05, 3.63) is 59.8 Å². The largest absolute Gasteiger partial charge is 0.469 e. The third-order valence-corrected chi connectivity index (χ3v) is 8.19. The van der Waals surface area contributed by atoms with E-state index in [2.05, 4.69) is 4.98 Å². The van der Waals surface area contributed by atoms with E-state index in [9.17, 15) is 26.8 Å². The Labute approximate surface area is 203 Å². The number of esters is 1. The van der Waals surface area contributed by atoms with Crippen LogP contribution >= 0.6 is 11.3 Å². The lowest BCUT2D eigenvalue weighted by atomic mass is 10.0. The van der Waals surface area contributed by atoms with E-state index in [1.165, 1.54) is 48.1 Å². The number of thiazole rings is 1. The predicted molar refractivity (Wildman–Crippen MR) is 126 cm³/mol. The zero-order valence-electron chi connectivity index (χ0n) is 18.6. The summed E-state index contributed by atoms with van der Waals surface area (Å²) in [4.78, 5) is 32.4. The minimum atomic E-state index is -4.05. The topological polar surface area (TPSA) is 123 Å². The Morgan fingerprint density at radius 2 is 1.80 bits per heavy atom. The number of benzene rings is 2. The molecule has 2 N–H and O–H groups in total. The van der Waals surface area contributed by atoms with Crippen molar-refractivity contribution in [3.8, 4) is 11.1 Å². The fraction of sp³-hybridized carbons (Fsp3) is 0.227. The second-order valence-electron chi connectivity index (χ2n) is 7.81. The number of methoxy groups -OCH3 is 1. The van der Waals surface area contributed by atoms with E-state index in [-0.39, 0.29) is 33.7 Å². The van der Waals surface area contributed by atoms with Gasteiger partial charge in [-0.1, -0.05) is 23.5 Å². The number of hydrogen-bond acceptors (Lipinski definition) is 7. The Kier molecular flexibility index (Phi) is 6.58. The molecule has 4 rings (SSSR count). The van der Waals surface area contributed by atoms with Crippen molar-refractivity contribution in [2.24, 2.45) is 11.1 Å². The van der Waals surface area contributed by atoms with E-state index in [0.29, 0.717) is 11.3 Å². The molecular weight excluding hydrogens is 502 g/mol. The number of carbonyl (C=O) groups excluding carboxylic acids is 2. The van der Waals surface area contributed by atoms with E-state index in [1.54, 1.807) is 0 Å². The van der Waals surface area contributed by atoms with Gasteiger partial charge in [0.2, 0.25) is 10.0 Å². The van der Waals surface area contributed by atoms with Crippen LogP contribution in [0.3, 0.4) is 0 Å². The first-order valence-corrected chi connectivity index (χ1v) is 12.6. The van der Waals surface area contributed by atoms with Gasteiger partial charge in [-0.25, -0.2) is 32.1 Å². The van der Waals surface area contributed by atoms with Gasteiger partial charge in [0.1, 0.15) is 11.6 Å². The van der Waals surface area contributed by atoms with Gasteiger partial charge in [-0.15, -0.1) is 0 Å². The SMILES string of the molecule is COC(=O)C1CN(c2ccc(-c3cc(F)ccc3F)cc2)C(=O)N(c2nc(C)c(S(N)(=O)=O)s2)C1. The Morgan fingerprint density at radius 3 is 2.40 bits per heavy atom. The number of hydrogen-bond donors (Lipinski definition) is 1. The number of nitrogens with two attached hydrogens (primary N) is 1. The first-order chi connectivity index (χ1) is 16.5. The Bertz CT molecular complexity index is 1410. The molecule has 1 unspecified atom stereocenters. The molecular formula is C22H20F2N4O5S2. The van der Waals surface area contributed by atoms with Crippen molar-refractivity contribution in [1.82, 2.24) is 4.98 Å². The number of sulfonamides is 1. The lowest BCUT2D eigenvalue weighted by molar-refractivity contribution is -0.144. The zero-order chi connectivity index (χ0) is 25.5. The molecule has 184 valence electrons. The number of anilines is 2. The standard InChI is InChI=1S/C22H20F2N4O5S2/c1-12-20(35(25,31)32)34-21(26-12)28-11-14(19(29)33-2)10-27(22(28)30)16-6-3-13(4-7-16)17-9-15(23)5-8-18(17)24/h3-9,14H,10-11H2,1-2H3,(H2,25,31,32). The number of aromatic nitrogens is 1. The Balaban J connectivity index is 1.70. The molecule has 0 radical (unpaired) electrons. The molecule has 1 saturated heterocycles. The maximum absolute atomic E-state index is 14.2. The minimum absolute atomic E-state index is 0.0118. The molecule has 0 spiro atoms. The van der Waals surface area contributed by atoms with E-state index < -0.39 is 39.6 Å². The number of halogens is 2. The first-order valence-electron chi connectivity index (χ1n) is 10.2. The predicted octanol–water partition coefficient (Wildman–Crippen LogP) is 3.28. The monoisotopic (exact) mass is 522 g/mol. The maximum atomic E-state index is 14.2. The normalized spacial score (nSPS) is 16.5. The Morgan fingerprint density at radius 1 is 1.14 bits per heavy atom. The second kappa shape index (κ2) is 9.32. The molecule has 3 aromatic rings. The summed E-state index contributed by atoms with van der Waals surface area (Å²) >= 11 is 0.723. The van der Waals surface area contributed by atoms with Gasteiger partial charge in [-0.05, 0) is 42.8 Å². The highest BCUT2D eigenvalue weighted by Crippen LogP contribution is 2.34. The van der Waals surface area contributed by atoms with Crippen LogP contribution in [-0.4, -0.2) is 45.6 Å². The molecule has 0 bridgehead atoms. The van der Waals surface area contributed by atoms with E-state index in [4.69, 9.17) is 9.88 Å². The van der Waals surface area contributed by atoms with Crippen LogP contribution in [-0.2, 0) is 19.6 Å². The van der Waals surface area contributed by atoms with E-state index in [0.717, 1.165) is 29.5 Å². The molecule has 1 aliphatic heterocycles. The van der Waals surface area contributed by atoms with Gasteiger partial charge in [-0.2, -0.15) is 0 Å². The van der Waals surface area contributed by atoms with Crippen molar-refractivity contribution in [1.29, 1.82) is 0 Å². The number of aryl methyl sites for hydroxylation is 1. The van der Waals surface area contributed by atoms with Gasteiger partial charge in [0.05, 0.1) is 18.7 Å². The van der Waals surface area contributed by atoms with Gasteiger partial charge < -0.3 is 4.74 Å². The average molecular weight is 523 g/mol. The molecule has 9 nitrogen and oxygen atoms in total. The molecule has 13 heteroatoms. The van der Waals surface area contributed by atoms with Crippen LogP contribution in [0.2, 0.25) is 0 Å². The minimum Gasteiger partial charge on any atom is -0.469 e. The van der Waals surface area contributed by atoms with Crippen LogP contribution < -0.4 is 14.9 Å². The summed E-state index contributed by atoms with van der Waals surface area (Å²) < 4.78 is 56.1. The first kappa shape index (κ1) is 24.7. The quantitative estimate of drug-likeness (QED) is 0.513. The highest BCUT2D eigenvalue weighted by molar-refractivity contribution is 7.91. The van der Waals surface area contributed by atoms with Crippen LogP contribution in [0.1, 0.15) is 5.69 Å². The Hall–Kier alpha value is -3.42. The van der Waals surface area contributed by atoms with Gasteiger partial charge in [0, 0.05) is 24.3 Å². The van der Waals surface area contributed by atoms with Crippen LogP contribution in [0.5, 0.6) is 0 Å². The molecule has 1 atom stereocenters. The summed E-state index contributed by atoms with van der Waals surface area (Å²) in [5, 5.41) is 5.30. The van der Waals surface area contributed by atoms with Crippen LogP contribution in [0.4, 0.5) is 24.4 Å². The number of urea groups is 1. The summed E-state index contributed by atoms with van der Waals surface area (Å²) in [7, 11) is -2.83. The van der Waals surface area contributed by atoms with Crippen molar-refractivity contribution in [2.75, 3.05) is 30.0 Å². The highest BCUT2D eigenvalue weighted by Gasteiger charge is 2.39. The maximum Gasteiger partial charge on any atom is 0.330 e. The summed E-state index contributed by atoms with van der Waals surface area (Å²) in [6.45, 7) is 1.36. The van der Waals surface area contributed by atoms with Gasteiger partial charge in [0.25, 0.3) is 0 Å². The summed E-state index contributed by atoms with van der Waals surface area (Å²) in [6.07, 6.45) is 0. The van der Waals surface area contributed by atoms with E-state index in [1.807, 2.05) is 0 Å². The third kappa shape index (κ3) is 4.88. The van der Waals surface area contributed by atoms with Gasteiger partial charge in [-0.3, -0.25) is 14.6 Å². The molecule has 35 heavy (non-hydrogen) atoms. The average Bonchev–Trinajstić information content (AvgIpc) is 3.22. The van der Waals surface area contributed by atoms with Crippen molar-refractivity contribution < 1.29 is 31.5 Å². The number of carbonyl (C=O) groups is 2. The van der Waals surface area contributed by atoms with Gasteiger partial charge in [0.15, 0.2) is 9.34 Å². The van der Waals surface area contributed by atoms with Crippen molar-refractivity contribution in [2.45, 2.75) is 11.1 Å². The number of ether oxygens (including phenoxy) is 1. The molecule has 1 fully saturated rings. The molecule has 1 aliphatic rings. The van der Waals surface area contributed by atoms with Crippen molar-refractivity contribution in [3.63, 3.8) is 0 Å². The lowest BCUT2D eigenvalue weighted by Gasteiger charge is -2.37. The fourth-order valence-corrected chi connectivity index (χ4v) is 5.73. The van der Waals surface area contributed by atoms with Crippen LogP contribution in [0.15, 0.2) is 46.7 Å². The van der Waals surface area contributed by atoms with Crippen LogP contribution in [0.25, 0.3) is 11.1 Å². The number of nitrogens with zero attached hydrogens (tertiary/aromatic N) is 3. The smallest absolute Gasteiger partial charge is 0.330 e. The second-order valence-corrected chi connectivity index (χ2v) is 10.5. The molecule has 0 aliphatic carbocycles. The third-order valence-electron chi connectivity index (χ3n) is 5.45. The molecule has 2 aromatic carbocycles. The number of primary sulfonamides is 1. The zero-order valence-corrected chi connectivity index (χ0v) is 20.2. The summed E-state index contributed by atoms with van der Waals surface area (Å²) in [6, 6.07) is 8.69. The van der Waals surface area contributed by atoms with Crippen LogP contribution in [0, 0.1) is 24.5 Å². The van der Waals surface area contributed by atoms with E-state index >= 15 is 0 Å². The van der Waals surface area contributed by atoms with Gasteiger partial charge >= 0.3 is 12.0 Å². The molecule has 2 amide bonds. The number of rotatable bonds is 5. The lowest BCUT2D eigenvalue weighted by Crippen LogP contribution is -2.56. The highest BCUT2D eigenvalue weighted by atomic mass is 32.2. The molecule has 0 saturated carbocycles. The molecule has 2 heterocycles. The van der Waals surface area contributed by atoms with Crippen molar-refractivity contribution >= 4 is 44.2 Å². The summed E-state index contributed by atoms with van der Waals surface area (Å²) in [5.74, 6) is -2.52. The summed E-state index contributed by atoms with van der Waals surface area (Å²) in [5.41, 5.74) is 0.969. The fourth-order valence-electron chi connectivity index (χ4n) is 3.78.